The number of nitrogens with one attached hydrogen (secondary N) is 3. The van der Waals surface area contributed by atoms with E-state index in [9.17, 15) is 4.79 Å². The number of nitrogens with zero attached hydrogens (tertiary/aromatic N) is 1. The maximum Gasteiger partial charge on any atom is 0.245 e. The van der Waals surface area contributed by atoms with Gasteiger partial charge in [0.05, 0.1) is 12.5 Å². The molecule has 4 N–H and O–H groups in total. The van der Waals surface area contributed by atoms with E-state index < -0.39 is 0 Å². The molecule has 2 aliphatic carbocycles. The summed E-state index contributed by atoms with van der Waals surface area (Å²) < 4.78 is 0. The van der Waals surface area contributed by atoms with Crippen molar-refractivity contribution < 1.29 is 9.90 Å². The summed E-state index contributed by atoms with van der Waals surface area (Å²) >= 11 is 0. The van der Waals surface area contributed by atoms with Crippen LogP contribution in [-0.2, 0) is 4.79 Å². The van der Waals surface area contributed by atoms with E-state index in [1.807, 2.05) is 13.8 Å². The molecular formula is C20H30N4O2. The highest BCUT2D eigenvalue weighted by Crippen LogP contribution is 2.43. The van der Waals surface area contributed by atoms with Gasteiger partial charge in [-0.1, -0.05) is 18.2 Å². The van der Waals surface area contributed by atoms with Crippen LogP contribution in [0.5, 0.6) is 0 Å². The zero-order chi connectivity index (χ0) is 18.3. The van der Waals surface area contributed by atoms with Crippen molar-refractivity contribution in [1.82, 2.24) is 21.1 Å². The van der Waals surface area contributed by atoms with Crippen LogP contribution in [0.15, 0.2) is 34.9 Å². The van der Waals surface area contributed by atoms with Gasteiger partial charge in [-0.15, -0.1) is 0 Å². The smallest absolute Gasteiger partial charge is 0.245 e. The Balaban J connectivity index is 1.61. The van der Waals surface area contributed by atoms with Crippen LogP contribution in [0.4, 0.5) is 0 Å². The van der Waals surface area contributed by atoms with Crippen molar-refractivity contribution in [2.75, 3.05) is 26.2 Å². The zero-order valence-electron chi connectivity index (χ0n) is 15.7. The van der Waals surface area contributed by atoms with Gasteiger partial charge >= 0.3 is 0 Å². The van der Waals surface area contributed by atoms with Crippen molar-refractivity contribution >= 4 is 5.91 Å². The average molecular weight is 358 g/mol. The van der Waals surface area contributed by atoms with Gasteiger partial charge < -0.3 is 15.7 Å². The lowest BCUT2D eigenvalue weighted by atomic mass is 9.72. The first-order chi connectivity index (χ1) is 12.6. The molecule has 1 fully saturated rings. The van der Waals surface area contributed by atoms with E-state index in [-0.39, 0.29) is 24.5 Å². The topological polar surface area (TPSA) is 76.6 Å². The van der Waals surface area contributed by atoms with Crippen molar-refractivity contribution in [3.63, 3.8) is 0 Å². The molecule has 6 nitrogen and oxygen atoms in total. The van der Waals surface area contributed by atoms with E-state index in [1.165, 1.54) is 11.1 Å². The fourth-order valence-corrected chi connectivity index (χ4v) is 4.86. The van der Waals surface area contributed by atoms with E-state index >= 15 is 0 Å². The van der Waals surface area contributed by atoms with Crippen LogP contribution in [0.1, 0.15) is 26.7 Å². The fourth-order valence-electron chi connectivity index (χ4n) is 4.86. The van der Waals surface area contributed by atoms with E-state index in [1.54, 1.807) is 10.6 Å². The zero-order valence-corrected chi connectivity index (χ0v) is 15.7. The number of hydrogen-bond acceptors (Lipinski definition) is 5. The Labute approximate surface area is 155 Å². The molecular weight excluding hydrogens is 328 g/mol. The minimum Gasteiger partial charge on any atom is -0.395 e. The molecule has 0 aromatic rings. The lowest BCUT2D eigenvalue weighted by Gasteiger charge is -2.40. The number of carbonyl (C=O) groups is 1. The summed E-state index contributed by atoms with van der Waals surface area (Å²) in [4.78, 5) is 13.1. The predicted molar refractivity (Wildman–Crippen MR) is 101 cm³/mol. The largest absolute Gasteiger partial charge is 0.395 e. The first-order valence-corrected chi connectivity index (χ1v) is 9.87. The molecule has 1 amide bonds. The quantitative estimate of drug-likeness (QED) is 0.538. The number of aliphatic hydroxyl groups is 1. The third-order valence-electron chi connectivity index (χ3n) is 6.03. The van der Waals surface area contributed by atoms with E-state index in [4.69, 9.17) is 5.11 Å². The number of amides is 1. The van der Waals surface area contributed by atoms with Crippen molar-refractivity contribution in [3.8, 4) is 0 Å². The number of fused-ring (bicyclic) bond motifs is 2. The first kappa shape index (κ1) is 17.9. The molecule has 1 saturated heterocycles. The highest BCUT2D eigenvalue weighted by Gasteiger charge is 2.42. The first-order valence-electron chi connectivity index (χ1n) is 9.87. The maximum absolute atomic E-state index is 13.1. The molecule has 4 atom stereocenters. The summed E-state index contributed by atoms with van der Waals surface area (Å²) in [5.41, 5.74) is 7.28. The number of allylic oxidation sites excluding steroid dienone is 1. The monoisotopic (exact) mass is 358 g/mol. The Morgan fingerprint density at radius 3 is 2.92 bits per heavy atom. The van der Waals surface area contributed by atoms with Gasteiger partial charge in [-0.05, 0) is 49.3 Å². The molecule has 142 valence electrons. The standard InChI is InChI=1S/C20H30N4O2/c1-12(2)24(23-6-7-25)20(26)14-8-16-15-4-3-5-17-19(15)13(10-21-17)9-18(16)22-11-14/h3-4,8,12-14,17-18,21-23,25H,5-7,9-11H2,1-2H3/t13?,14-,17?,18-/m1/s1. The van der Waals surface area contributed by atoms with Gasteiger partial charge in [0.1, 0.15) is 0 Å². The van der Waals surface area contributed by atoms with Crippen molar-refractivity contribution in [2.45, 2.75) is 44.8 Å². The molecule has 6 heteroatoms. The van der Waals surface area contributed by atoms with E-state index in [0.29, 0.717) is 31.1 Å². The van der Waals surface area contributed by atoms with E-state index in [0.717, 1.165) is 19.4 Å². The summed E-state index contributed by atoms with van der Waals surface area (Å²) in [6.45, 7) is 6.12. The van der Waals surface area contributed by atoms with Crippen LogP contribution >= 0.6 is 0 Å². The molecule has 0 aromatic carbocycles. The molecule has 2 heterocycles. The van der Waals surface area contributed by atoms with E-state index in [2.05, 4.69) is 34.3 Å². The summed E-state index contributed by atoms with van der Waals surface area (Å²) in [5.74, 6) is 0.517. The minimum absolute atomic E-state index is 0.0133. The van der Waals surface area contributed by atoms with Crippen LogP contribution in [0.25, 0.3) is 0 Å². The van der Waals surface area contributed by atoms with Crippen LogP contribution in [0, 0.1) is 11.8 Å². The summed E-state index contributed by atoms with van der Waals surface area (Å²) in [6, 6.07) is 0.876. The lowest BCUT2D eigenvalue weighted by Crippen LogP contribution is -2.54. The molecule has 0 saturated carbocycles. The minimum atomic E-state index is -0.178. The lowest BCUT2D eigenvalue weighted by molar-refractivity contribution is -0.139. The molecule has 2 unspecified atom stereocenters. The molecule has 4 aliphatic rings. The molecule has 26 heavy (non-hydrogen) atoms. The Morgan fingerprint density at radius 1 is 1.35 bits per heavy atom. The van der Waals surface area contributed by atoms with Gasteiger partial charge in [0, 0.05) is 37.8 Å². The van der Waals surface area contributed by atoms with Gasteiger partial charge in [-0.2, -0.15) is 0 Å². The van der Waals surface area contributed by atoms with Crippen molar-refractivity contribution in [3.05, 3.63) is 34.9 Å². The van der Waals surface area contributed by atoms with Gasteiger partial charge in [-0.25, -0.2) is 5.43 Å². The number of hydrazine groups is 1. The number of carbonyl (C=O) groups excluding carboxylic acids is 1. The summed E-state index contributed by atoms with van der Waals surface area (Å²) in [6.07, 6.45) is 8.93. The second-order valence-corrected chi connectivity index (χ2v) is 8.02. The Hall–Kier alpha value is -1.47. The van der Waals surface area contributed by atoms with Crippen LogP contribution in [0.3, 0.4) is 0 Å². The second-order valence-electron chi connectivity index (χ2n) is 8.02. The van der Waals surface area contributed by atoms with Gasteiger partial charge in [0.25, 0.3) is 0 Å². The van der Waals surface area contributed by atoms with Crippen LogP contribution in [-0.4, -0.2) is 60.4 Å². The molecule has 0 bridgehead atoms. The van der Waals surface area contributed by atoms with Crippen molar-refractivity contribution in [1.29, 1.82) is 0 Å². The normalized spacial score (nSPS) is 32.4. The number of rotatable bonds is 5. The molecule has 0 spiro atoms. The van der Waals surface area contributed by atoms with Gasteiger partial charge in [0.2, 0.25) is 5.91 Å². The number of aliphatic hydroxyl groups excluding tert-OH is 1. The number of hydrogen-bond donors (Lipinski definition) is 4. The predicted octanol–water partition coefficient (Wildman–Crippen LogP) is 0.483. The Morgan fingerprint density at radius 2 is 2.15 bits per heavy atom. The molecule has 4 rings (SSSR count). The summed E-state index contributed by atoms with van der Waals surface area (Å²) in [7, 11) is 0. The highest BCUT2D eigenvalue weighted by atomic mass is 16.3. The molecule has 0 radical (unpaired) electrons. The third-order valence-corrected chi connectivity index (χ3v) is 6.03. The maximum atomic E-state index is 13.1. The Bertz CT molecular complexity index is 667. The summed E-state index contributed by atoms with van der Waals surface area (Å²) in [5, 5.41) is 18.0. The highest BCUT2D eigenvalue weighted by molar-refractivity contribution is 5.81. The average Bonchev–Trinajstić information content (AvgIpc) is 3.06. The molecule has 2 aliphatic heterocycles. The van der Waals surface area contributed by atoms with Gasteiger partial charge in [0.15, 0.2) is 0 Å². The van der Waals surface area contributed by atoms with Crippen LogP contribution in [0.2, 0.25) is 0 Å². The molecule has 0 aromatic heterocycles. The SMILES string of the molecule is CC(C)N(NCCO)C(=O)[C@@H]1C=C2C3=C4C(CNC4CC=C3)C[C@H]2NC1. The third kappa shape index (κ3) is 3.05. The van der Waals surface area contributed by atoms with Gasteiger partial charge in [-0.3, -0.25) is 9.80 Å². The Kier molecular flexibility index (Phi) is 5.01. The van der Waals surface area contributed by atoms with Crippen molar-refractivity contribution in [2.24, 2.45) is 11.8 Å². The fraction of sp³-hybridized carbons (Fsp3) is 0.650. The second kappa shape index (κ2) is 7.27. The van der Waals surface area contributed by atoms with Crippen LogP contribution < -0.4 is 16.1 Å².